The first-order valence-electron chi connectivity index (χ1n) is 6.72. The first-order chi connectivity index (χ1) is 8.77. The van der Waals surface area contributed by atoms with Gasteiger partial charge in [-0.25, -0.2) is 0 Å². The van der Waals surface area contributed by atoms with Crippen LogP contribution in [0.25, 0.3) is 0 Å². The normalized spacial score (nSPS) is 23.9. The summed E-state index contributed by atoms with van der Waals surface area (Å²) in [5.41, 5.74) is 0. The summed E-state index contributed by atoms with van der Waals surface area (Å²) in [4.78, 5) is 11.5. The van der Waals surface area contributed by atoms with E-state index in [1.807, 2.05) is 0 Å². The van der Waals surface area contributed by atoms with Gasteiger partial charge in [-0.2, -0.15) is 0 Å². The number of hydrogen-bond donors (Lipinski definition) is 2. The van der Waals surface area contributed by atoms with Gasteiger partial charge in [0.15, 0.2) is 0 Å². The number of amides is 1. The third-order valence-corrected chi connectivity index (χ3v) is 3.53. The molecule has 1 rings (SSSR count). The quantitative estimate of drug-likeness (QED) is 0.625. The standard InChI is InChI=1S/C13H25NO4/c1-17-6-7-18-10-13(16)14-8-11-4-2-3-5-12(11)9-15/h11-12,15H,2-10H2,1H3,(H,14,16). The van der Waals surface area contributed by atoms with E-state index >= 15 is 0 Å². The Morgan fingerprint density at radius 2 is 2.00 bits per heavy atom. The van der Waals surface area contributed by atoms with E-state index in [-0.39, 0.29) is 19.1 Å². The summed E-state index contributed by atoms with van der Waals surface area (Å²) >= 11 is 0. The van der Waals surface area contributed by atoms with Crippen molar-refractivity contribution in [1.29, 1.82) is 0 Å². The van der Waals surface area contributed by atoms with Crippen LogP contribution in [0.1, 0.15) is 25.7 Å². The van der Waals surface area contributed by atoms with Gasteiger partial charge in [0.1, 0.15) is 6.61 Å². The highest BCUT2D eigenvalue weighted by Gasteiger charge is 2.24. The van der Waals surface area contributed by atoms with Crippen molar-refractivity contribution >= 4 is 5.91 Å². The molecular formula is C13H25NO4. The molecule has 0 aromatic rings. The molecule has 0 spiro atoms. The van der Waals surface area contributed by atoms with Crippen LogP contribution in [0.3, 0.4) is 0 Å². The Kier molecular flexibility index (Phi) is 7.96. The van der Waals surface area contributed by atoms with Crippen LogP contribution < -0.4 is 5.32 Å². The van der Waals surface area contributed by atoms with Crippen molar-refractivity contribution in [2.24, 2.45) is 11.8 Å². The molecular weight excluding hydrogens is 234 g/mol. The highest BCUT2D eigenvalue weighted by atomic mass is 16.5. The molecule has 5 heteroatoms. The molecule has 0 aromatic heterocycles. The largest absolute Gasteiger partial charge is 0.396 e. The van der Waals surface area contributed by atoms with Crippen LogP contribution in [0.4, 0.5) is 0 Å². The van der Waals surface area contributed by atoms with Gasteiger partial charge in [0, 0.05) is 20.3 Å². The summed E-state index contributed by atoms with van der Waals surface area (Å²) in [6, 6.07) is 0. The molecule has 1 amide bonds. The van der Waals surface area contributed by atoms with Crippen LogP contribution in [-0.4, -0.2) is 51.1 Å². The van der Waals surface area contributed by atoms with Crippen LogP contribution in [-0.2, 0) is 14.3 Å². The Morgan fingerprint density at radius 3 is 2.67 bits per heavy atom. The second kappa shape index (κ2) is 9.30. The maximum Gasteiger partial charge on any atom is 0.246 e. The molecule has 2 N–H and O–H groups in total. The molecule has 0 bridgehead atoms. The Hall–Kier alpha value is -0.650. The van der Waals surface area contributed by atoms with Gasteiger partial charge in [0.05, 0.1) is 13.2 Å². The highest BCUT2D eigenvalue weighted by Crippen LogP contribution is 2.28. The van der Waals surface area contributed by atoms with Crippen molar-refractivity contribution in [3.8, 4) is 0 Å². The number of aliphatic hydroxyl groups excluding tert-OH is 1. The van der Waals surface area contributed by atoms with E-state index in [2.05, 4.69) is 5.32 Å². The predicted molar refractivity (Wildman–Crippen MR) is 68.2 cm³/mol. The fourth-order valence-corrected chi connectivity index (χ4v) is 2.40. The summed E-state index contributed by atoms with van der Waals surface area (Å²) < 4.78 is 9.97. The minimum Gasteiger partial charge on any atom is -0.396 e. The number of hydrogen-bond acceptors (Lipinski definition) is 4. The average molecular weight is 259 g/mol. The monoisotopic (exact) mass is 259 g/mol. The van der Waals surface area contributed by atoms with Gasteiger partial charge in [0.25, 0.3) is 0 Å². The summed E-state index contributed by atoms with van der Waals surface area (Å²) in [6.45, 7) is 1.90. The molecule has 1 saturated carbocycles. The first-order valence-corrected chi connectivity index (χ1v) is 6.72. The van der Waals surface area contributed by atoms with E-state index < -0.39 is 0 Å². The maximum absolute atomic E-state index is 11.5. The number of carbonyl (C=O) groups excluding carboxylic acids is 1. The minimum absolute atomic E-state index is 0.0832. The lowest BCUT2D eigenvalue weighted by atomic mass is 9.79. The minimum atomic E-state index is -0.0895. The zero-order valence-corrected chi connectivity index (χ0v) is 11.2. The molecule has 106 valence electrons. The molecule has 0 radical (unpaired) electrons. The van der Waals surface area contributed by atoms with Gasteiger partial charge in [-0.05, 0) is 24.7 Å². The van der Waals surface area contributed by atoms with Crippen LogP contribution in [0.5, 0.6) is 0 Å². The van der Waals surface area contributed by atoms with Gasteiger partial charge in [0.2, 0.25) is 5.91 Å². The summed E-state index contributed by atoms with van der Waals surface area (Å²) in [5, 5.41) is 12.2. The lowest BCUT2D eigenvalue weighted by Crippen LogP contribution is -2.37. The highest BCUT2D eigenvalue weighted by molar-refractivity contribution is 5.77. The first kappa shape index (κ1) is 15.4. The van der Waals surface area contributed by atoms with Crippen molar-refractivity contribution < 1.29 is 19.4 Å². The molecule has 2 unspecified atom stereocenters. The average Bonchev–Trinajstić information content (AvgIpc) is 2.41. The Labute approximate surface area is 109 Å². The van der Waals surface area contributed by atoms with Gasteiger partial charge in [-0.3, -0.25) is 4.79 Å². The van der Waals surface area contributed by atoms with Gasteiger partial charge >= 0.3 is 0 Å². The van der Waals surface area contributed by atoms with Crippen LogP contribution >= 0.6 is 0 Å². The second-order valence-corrected chi connectivity index (χ2v) is 4.84. The van der Waals surface area contributed by atoms with Crippen LogP contribution in [0.2, 0.25) is 0 Å². The second-order valence-electron chi connectivity index (χ2n) is 4.84. The molecule has 1 aliphatic carbocycles. The van der Waals surface area contributed by atoms with E-state index in [4.69, 9.17) is 9.47 Å². The van der Waals surface area contributed by atoms with E-state index in [1.165, 1.54) is 12.8 Å². The molecule has 0 aliphatic heterocycles. The molecule has 0 aromatic carbocycles. The Bertz CT molecular complexity index is 235. The Balaban J connectivity index is 2.12. The lowest BCUT2D eigenvalue weighted by Gasteiger charge is -2.30. The van der Waals surface area contributed by atoms with Crippen LogP contribution in [0, 0.1) is 11.8 Å². The molecule has 2 atom stereocenters. The molecule has 1 fully saturated rings. The summed E-state index contributed by atoms with van der Waals surface area (Å²) in [6.07, 6.45) is 4.55. The van der Waals surface area contributed by atoms with E-state index in [0.717, 1.165) is 12.8 Å². The zero-order valence-electron chi connectivity index (χ0n) is 11.2. The number of methoxy groups -OCH3 is 1. The fourth-order valence-electron chi connectivity index (χ4n) is 2.40. The van der Waals surface area contributed by atoms with E-state index in [0.29, 0.717) is 31.6 Å². The Morgan fingerprint density at radius 1 is 1.28 bits per heavy atom. The number of aliphatic hydroxyl groups is 1. The van der Waals surface area contributed by atoms with E-state index in [1.54, 1.807) is 7.11 Å². The SMILES string of the molecule is COCCOCC(=O)NCC1CCCCC1CO. The van der Waals surface area contributed by atoms with Crippen molar-refractivity contribution in [2.45, 2.75) is 25.7 Å². The maximum atomic E-state index is 11.5. The smallest absolute Gasteiger partial charge is 0.246 e. The number of rotatable bonds is 8. The molecule has 18 heavy (non-hydrogen) atoms. The topological polar surface area (TPSA) is 67.8 Å². The molecule has 1 aliphatic rings. The third kappa shape index (κ3) is 5.80. The van der Waals surface area contributed by atoms with Gasteiger partial charge < -0.3 is 19.9 Å². The van der Waals surface area contributed by atoms with Gasteiger partial charge in [-0.15, -0.1) is 0 Å². The van der Waals surface area contributed by atoms with Crippen LogP contribution in [0.15, 0.2) is 0 Å². The van der Waals surface area contributed by atoms with Gasteiger partial charge in [-0.1, -0.05) is 12.8 Å². The van der Waals surface area contributed by atoms with Crippen molar-refractivity contribution in [2.75, 3.05) is 40.1 Å². The summed E-state index contributed by atoms with van der Waals surface area (Å²) in [7, 11) is 1.60. The predicted octanol–water partition coefficient (Wildman–Crippen LogP) is 0.564. The number of ether oxygens (including phenoxy) is 2. The third-order valence-electron chi connectivity index (χ3n) is 3.53. The van der Waals surface area contributed by atoms with Crippen molar-refractivity contribution in [3.05, 3.63) is 0 Å². The van der Waals surface area contributed by atoms with Crippen molar-refractivity contribution in [3.63, 3.8) is 0 Å². The lowest BCUT2D eigenvalue weighted by molar-refractivity contribution is -0.126. The number of carbonyl (C=O) groups is 1. The number of nitrogens with one attached hydrogen (secondary N) is 1. The van der Waals surface area contributed by atoms with Crippen molar-refractivity contribution in [1.82, 2.24) is 5.32 Å². The molecule has 5 nitrogen and oxygen atoms in total. The summed E-state index contributed by atoms with van der Waals surface area (Å²) in [5.74, 6) is 0.661. The zero-order chi connectivity index (χ0) is 13.2. The van der Waals surface area contributed by atoms with E-state index in [9.17, 15) is 9.90 Å². The molecule has 0 heterocycles. The molecule has 0 saturated heterocycles. The fraction of sp³-hybridized carbons (Fsp3) is 0.923.